The summed E-state index contributed by atoms with van der Waals surface area (Å²) in [5.41, 5.74) is 1.12. The van der Waals surface area contributed by atoms with Crippen LogP contribution in [-0.2, 0) is 9.59 Å². The lowest BCUT2D eigenvalue weighted by Gasteiger charge is -2.13. The van der Waals surface area contributed by atoms with Gasteiger partial charge in [0.15, 0.2) is 0 Å². The third-order valence-corrected chi connectivity index (χ3v) is 5.23. The summed E-state index contributed by atoms with van der Waals surface area (Å²) in [7, 11) is 0. The SMILES string of the molecule is O=C(O)CCCN1C(=O)/C(=C\c2cnn(-c3cccc([N+](=O)[O-])c3)c2)SC1=S. The second kappa shape index (κ2) is 8.31. The summed E-state index contributed by atoms with van der Waals surface area (Å²) in [5, 5.41) is 23.8. The minimum Gasteiger partial charge on any atom is -0.481 e. The molecule has 0 bridgehead atoms. The van der Waals surface area contributed by atoms with Gasteiger partial charge in [-0.3, -0.25) is 24.6 Å². The van der Waals surface area contributed by atoms with E-state index in [1.165, 1.54) is 27.9 Å². The molecule has 1 aromatic heterocycles. The number of aromatic nitrogens is 2. The number of hydrogen-bond donors (Lipinski definition) is 1. The Bertz CT molecular complexity index is 1000. The number of nitrogens with zero attached hydrogens (tertiary/aromatic N) is 4. The van der Waals surface area contributed by atoms with Gasteiger partial charge in [-0.1, -0.05) is 30.0 Å². The molecule has 28 heavy (non-hydrogen) atoms. The summed E-state index contributed by atoms with van der Waals surface area (Å²) in [6.45, 7) is 0.251. The van der Waals surface area contributed by atoms with E-state index in [2.05, 4.69) is 5.10 Å². The first-order valence-corrected chi connectivity index (χ1v) is 9.34. The summed E-state index contributed by atoms with van der Waals surface area (Å²) >= 11 is 6.35. The number of thiocarbonyl (C=S) groups is 1. The van der Waals surface area contributed by atoms with Gasteiger partial charge >= 0.3 is 5.97 Å². The molecule has 2 aromatic rings. The average molecular weight is 418 g/mol. The normalized spacial score (nSPS) is 15.4. The summed E-state index contributed by atoms with van der Waals surface area (Å²) in [6.07, 6.45) is 5.11. The molecule has 9 nitrogen and oxygen atoms in total. The Morgan fingerprint density at radius 1 is 1.43 bits per heavy atom. The summed E-state index contributed by atoms with van der Waals surface area (Å²) < 4.78 is 1.86. The highest BCUT2D eigenvalue weighted by Gasteiger charge is 2.31. The molecular formula is C17H14N4O5S2. The van der Waals surface area contributed by atoms with Crippen LogP contribution < -0.4 is 0 Å². The maximum atomic E-state index is 12.5. The van der Waals surface area contributed by atoms with Gasteiger partial charge in [-0.15, -0.1) is 0 Å². The van der Waals surface area contributed by atoms with E-state index >= 15 is 0 Å². The quantitative estimate of drug-likeness (QED) is 0.316. The first-order chi connectivity index (χ1) is 13.3. The molecule has 1 aromatic carbocycles. The van der Waals surface area contributed by atoms with Gasteiger partial charge in [-0.25, -0.2) is 4.68 Å². The Morgan fingerprint density at radius 2 is 2.21 bits per heavy atom. The average Bonchev–Trinajstić information content (AvgIpc) is 3.22. The lowest BCUT2D eigenvalue weighted by atomic mass is 10.2. The minimum absolute atomic E-state index is 0.0356. The number of rotatable bonds is 7. The van der Waals surface area contributed by atoms with Crippen molar-refractivity contribution in [2.75, 3.05) is 6.54 Å². The number of amides is 1. The van der Waals surface area contributed by atoms with Crippen LogP contribution in [0.3, 0.4) is 0 Å². The molecule has 1 aliphatic heterocycles. The number of carbonyl (C=O) groups is 2. The molecule has 144 valence electrons. The maximum absolute atomic E-state index is 12.5. The van der Waals surface area contributed by atoms with E-state index in [0.29, 0.717) is 26.9 Å². The highest BCUT2D eigenvalue weighted by molar-refractivity contribution is 8.26. The van der Waals surface area contributed by atoms with E-state index in [9.17, 15) is 19.7 Å². The van der Waals surface area contributed by atoms with E-state index in [4.69, 9.17) is 17.3 Å². The lowest BCUT2D eigenvalue weighted by molar-refractivity contribution is -0.384. The van der Waals surface area contributed by atoms with Gasteiger partial charge in [-0.2, -0.15) is 5.10 Å². The molecule has 0 radical (unpaired) electrons. The predicted octanol–water partition coefficient (Wildman–Crippen LogP) is 2.85. The van der Waals surface area contributed by atoms with E-state index in [1.807, 2.05) is 0 Å². The summed E-state index contributed by atoms with van der Waals surface area (Å²) in [6, 6.07) is 6.05. The van der Waals surface area contributed by atoms with Crippen molar-refractivity contribution in [2.24, 2.45) is 0 Å². The fraction of sp³-hybridized carbons (Fsp3) is 0.176. The molecule has 1 N–H and O–H groups in total. The molecule has 0 unspecified atom stereocenters. The van der Waals surface area contributed by atoms with Crippen LogP contribution in [-0.4, -0.2) is 47.5 Å². The number of thioether (sulfide) groups is 1. The fourth-order valence-corrected chi connectivity index (χ4v) is 3.84. The number of nitro benzene ring substituents is 1. The number of carboxylic acid groups (broad SMARTS) is 1. The Balaban J connectivity index is 1.75. The van der Waals surface area contributed by atoms with Gasteiger partial charge < -0.3 is 5.11 Å². The first kappa shape index (κ1) is 19.7. The van der Waals surface area contributed by atoms with Gasteiger partial charge in [0.25, 0.3) is 11.6 Å². The van der Waals surface area contributed by atoms with Crippen LogP contribution >= 0.6 is 24.0 Å². The number of carbonyl (C=O) groups excluding carboxylic acids is 1. The van der Waals surface area contributed by atoms with Gasteiger partial charge in [0, 0.05) is 36.9 Å². The second-order valence-electron chi connectivity index (χ2n) is 5.83. The summed E-state index contributed by atoms with van der Waals surface area (Å²) in [4.78, 5) is 35.3. The number of nitro groups is 1. The van der Waals surface area contributed by atoms with Crippen LogP contribution in [0, 0.1) is 10.1 Å². The van der Waals surface area contributed by atoms with Crippen LogP contribution in [0.15, 0.2) is 41.6 Å². The molecule has 3 rings (SSSR count). The van der Waals surface area contributed by atoms with Crippen molar-refractivity contribution >= 4 is 51.9 Å². The summed E-state index contributed by atoms with van der Waals surface area (Å²) in [5.74, 6) is -1.20. The molecule has 1 saturated heterocycles. The molecule has 0 atom stereocenters. The minimum atomic E-state index is -0.922. The van der Waals surface area contributed by atoms with Crippen molar-refractivity contribution in [2.45, 2.75) is 12.8 Å². The Labute approximate surface area is 168 Å². The molecule has 1 aliphatic rings. The zero-order valence-corrected chi connectivity index (χ0v) is 16.0. The standard InChI is InChI=1S/C17H14N4O5S2/c22-15(23)5-2-6-19-16(24)14(28-17(19)27)7-11-9-18-20(10-11)12-3-1-4-13(8-12)21(25)26/h1,3-4,7-10H,2,5-6H2,(H,22,23)/b14-7+. The zero-order chi connectivity index (χ0) is 20.3. The number of hydrogen-bond acceptors (Lipinski definition) is 7. The van der Waals surface area contributed by atoms with Crippen LogP contribution in [0.25, 0.3) is 11.8 Å². The third kappa shape index (κ3) is 4.43. The van der Waals surface area contributed by atoms with Crippen LogP contribution in [0.4, 0.5) is 5.69 Å². The van der Waals surface area contributed by atoms with Gasteiger partial charge in [-0.05, 0) is 18.6 Å². The molecular weight excluding hydrogens is 404 g/mol. The number of aliphatic carboxylic acids is 1. The fourth-order valence-electron chi connectivity index (χ4n) is 2.53. The predicted molar refractivity (Wildman–Crippen MR) is 107 cm³/mol. The monoisotopic (exact) mass is 418 g/mol. The van der Waals surface area contributed by atoms with E-state index < -0.39 is 10.9 Å². The molecule has 0 aliphatic carbocycles. The molecule has 1 fully saturated rings. The largest absolute Gasteiger partial charge is 0.481 e. The number of benzene rings is 1. The van der Waals surface area contributed by atoms with Crippen molar-refractivity contribution in [3.8, 4) is 5.69 Å². The van der Waals surface area contributed by atoms with Crippen molar-refractivity contribution < 1.29 is 19.6 Å². The van der Waals surface area contributed by atoms with E-state index in [0.717, 1.165) is 11.8 Å². The van der Waals surface area contributed by atoms with Gasteiger partial charge in [0.2, 0.25) is 0 Å². The molecule has 0 saturated carbocycles. The Hall–Kier alpha value is -3.05. The Kier molecular flexibility index (Phi) is 5.85. The van der Waals surface area contributed by atoms with Crippen molar-refractivity contribution in [1.82, 2.24) is 14.7 Å². The highest BCUT2D eigenvalue weighted by Crippen LogP contribution is 2.32. The van der Waals surface area contributed by atoms with E-state index in [1.54, 1.807) is 24.4 Å². The third-order valence-electron chi connectivity index (χ3n) is 3.85. The van der Waals surface area contributed by atoms with Crippen LogP contribution in [0.1, 0.15) is 18.4 Å². The number of carboxylic acids is 1. The molecule has 2 heterocycles. The topological polar surface area (TPSA) is 119 Å². The van der Waals surface area contributed by atoms with Crippen molar-refractivity contribution in [1.29, 1.82) is 0 Å². The first-order valence-electron chi connectivity index (χ1n) is 8.12. The smallest absolute Gasteiger partial charge is 0.303 e. The maximum Gasteiger partial charge on any atom is 0.303 e. The zero-order valence-electron chi connectivity index (χ0n) is 14.3. The van der Waals surface area contributed by atoms with E-state index in [-0.39, 0.29) is 24.6 Å². The highest BCUT2D eigenvalue weighted by atomic mass is 32.2. The molecule has 11 heteroatoms. The molecule has 1 amide bonds. The van der Waals surface area contributed by atoms with Crippen molar-refractivity contribution in [3.63, 3.8) is 0 Å². The second-order valence-corrected chi connectivity index (χ2v) is 7.50. The van der Waals surface area contributed by atoms with Crippen LogP contribution in [0.5, 0.6) is 0 Å². The van der Waals surface area contributed by atoms with Gasteiger partial charge in [0.1, 0.15) is 4.32 Å². The Morgan fingerprint density at radius 3 is 2.93 bits per heavy atom. The van der Waals surface area contributed by atoms with Crippen molar-refractivity contribution in [3.05, 3.63) is 57.2 Å². The van der Waals surface area contributed by atoms with Crippen LogP contribution in [0.2, 0.25) is 0 Å². The molecule has 0 spiro atoms. The lowest BCUT2D eigenvalue weighted by Crippen LogP contribution is -2.29. The van der Waals surface area contributed by atoms with Gasteiger partial charge in [0.05, 0.1) is 21.7 Å². The number of non-ortho nitro benzene ring substituents is 1.